The number of nitrogens with zero attached hydrogens (tertiary/aromatic N) is 2. The molecule has 0 bridgehead atoms. The van der Waals surface area contributed by atoms with E-state index in [-0.39, 0.29) is 5.91 Å². The summed E-state index contributed by atoms with van der Waals surface area (Å²) in [7, 11) is 4.85. The summed E-state index contributed by atoms with van der Waals surface area (Å²) < 4.78 is 16.2. The van der Waals surface area contributed by atoms with Crippen molar-refractivity contribution in [3.63, 3.8) is 0 Å². The highest BCUT2D eigenvalue weighted by atomic mass is 16.5. The maximum atomic E-state index is 13.1. The van der Waals surface area contributed by atoms with E-state index in [1.807, 2.05) is 29.2 Å². The third-order valence-electron chi connectivity index (χ3n) is 5.15. The minimum absolute atomic E-state index is 0.00144. The molecule has 2 aromatic carbocycles. The number of allylic oxidation sites excluding steroid dienone is 1. The van der Waals surface area contributed by atoms with E-state index in [9.17, 15) is 4.79 Å². The van der Waals surface area contributed by atoms with E-state index in [2.05, 4.69) is 17.5 Å². The number of carbonyl (C=O) groups is 1. The summed E-state index contributed by atoms with van der Waals surface area (Å²) in [6.07, 6.45) is 2.39. The van der Waals surface area contributed by atoms with Gasteiger partial charge in [0, 0.05) is 49.1 Å². The molecular formula is C23H28N2O4. The second kappa shape index (κ2) is 9.37. The Bertz CT molecular complexity index is 873. The third kappa shape index (κ3) is 4.47. The number of carbonyl (C=O) groups excluding carboxylic acids is 1. The van der Waals surface area contributed by atoms with Crippen molar-refractivity contribution in [1.29, 1.82) is 0 Å². The van der Waals surface area contributed by atoms with Gasteiger partial charge in [-0.05, 0) is 30.7 Å². The van der Waals surface area contributed by atoms with Gasteiger partial charge < -0.3 is 24.0 Å². The summed E-state index contributed by atoms with van der Waals surface area (Å²) in [4.78, 5) is 17.3. The van der Waals surface area contributed by atoms with Crippen molar-refractivity contribution in [3.05, 3.63) is 60.2 Å². The van der Waals surface area contributed by atoms with Crippen molar-refractivity contribution < 1.29 is 19.0 Å². The second-order valence-corrected chi connectivity index (χ2v) is 6.84. The largest absolute Gasteiger partial charge is 0.497 e. The fourth-order valence-electron chi connectivity index (χ4n) is 3.63. The molecule has 1 aliphatic rings. The Morgan fingerprint density at radius 1 is 1.03 bits per heavy atom. The molecule has 154 valence electrons. The summed E-state index contributed by atoms with van der Waals surface area (Å²) in [6, 6.07) is 11.6. The van der Waals surface area contributed by atoms with Gasteiger partial charge in [-0.1, -0.05) is 12.1 Å². The number of methoxy groups -OCH3 is 3. The molecule has 1 aliphatic heterocycles. The minimum atomic E-state index is 0.00144. The zero-order valence-electron chi connectivity index (χ0n) is 17.3. The molecule has 0 spiro atoms. The Morgan fingerprint density at radius 3 is 2.41 bits per heavy atom. The number of piperazine rings is 1. The van der Waals surface area contributed by atoms with Crippen molar-refractivity contribution in [1.82, 2.24) is 4.90 Å². The van der Waals surface area contributed by atoms with Gasteiger partial charge in [0.25, 0.3) is 5.91 Å². The predicted molar refractivity (Wildman–Crippen MR) is 115 cm³/mol. The topological polar surface area (TPSA) is 51.2 Å². The molecule has 0 atom stereocenters. The predicted octanol–water partition coefficient (Wildman–Crippen LogP) is 3.40. The van der Waals surface area contributed by atoms with Gasteiger partial charge >= 0.3 is 0 Å². The highest BCUT2D eigenvalue weighted by Crippen LogP contribution is 2.34. The van der Waals surface area contributed by atoms with Gasteiger partial charge in [-0.3, -0.25) is 4.79 Å². The van der Waals surface area contributed by atoms with Crippen LogP contribution in [0.5, 0.6) is 17.2 Å². The van der Waals surface area contributed by atoms with E-state index in [1.165, 1.54) is 0 Å². The monoisotopic (exact) mass is 396 g/mol. The maximum Gasteiger partial charge on any atom is 0.254 e. The molecule has 0 unspecified atom stereocenters. The Balaban J connectivity index is 1.75. The van der Waals surface area contributed by atoms with E-state index >= 15 is 0 Å². The molecule has 0 N–H and O–H groups in total. The van der Waals surface area contributed by atoms with Crippen LogP contribution in [0.3, 0.4) is 0 Å². The minimum Gasteiger partial charge on any atom is -0.497 e. The average molecular weight is 396 g/mol. The van der Waals surface area contributed by atoms with Crippen LogP contribution in [0.25, 0.3) is 0 Å². The molecule has 6 heteroatoms. The van der Waals surface area contributed by atoms with E-state index in [1.54, 1.807) is 33.5 Å². The molecule has 29 heavy (non-hydrogen) atoms. The molecule has 3 rings (SSSR count). The van der Waals surface area contributed by atoms with E-state index in [0.717, 1.165) is 30.1 Å². The summed E-state index contributed by atoms with van der Waals surface area (Å²) in [5, 5.41) is 0. The number of hydrogen-bond donors (Lipinski definition) is 0. The summed E-state index contributed by atoms with van der Waals surface area (Å²) >= 11 is 0. The van der Waals surface area contributed by atoms with E-state index in [4.69, 9.17) is 14.2 Å². The highest BCUT2D eigenvalue weighted by Gasteiger charge is 2.24. The quantitative estimate of drug-likeness (QED) is 0.672. The lowest BCUT2D eigenvalue weighted by atomic mass is 10.0. The van der Waals surface area contributed by atoms with Gasteiger partial charge in [-0.2, -0.15) is 0 Å². The first kappa shape index (κ1) is 20.6. The van der Waals surface area contributed by atoms with Gasteiger partial charge in [0.1, 0.15) is 5.75 Å². The molecule has 1 amide bonds. The van der Waals surface area contributed by atoms with Gasteiger partial charge in [-0.15, -0.1) is 6.58 Å². The van der Waals surface area contributed by atoms with Crippen molar-refractivity contribution >= 4 is 11.6 Å². The van der Waals surface area contributed by atoms with Crippen LogP contribution in [-0.2, 0) is 6.42 Å². The van der Waals surface area contributed by atoms with Gasteiger partial charge in [0.15, 0.2) is 11.5 Å². The van der Waals surface area contributed by atoms with Gasteiger partial charge in [0.2, 0.25) is 0 Å². The lowest BCUT2D eigenvalue weighted by Gasteiger charge is -2.36. The smallest absolute Gasteiger partial charge is 0.254 e. The highest BCUT2D eigenvalue weighted by molar-refractivity contribution is 5.95. The normalized spacial score (nSPS) is 13.8. The molecule has 2 aromatic rings. The fourth-order valence-corrected chi connectivity index (χ4v) is 3.63. The van der Waals surface area contributed by atoms with Crippen LogP contribution in [0.2, 0.25) is 0 Å². The molecular weight excluding hydrogens is 368 g/mol. The Labute approximate surface area is 172 Å². The first-order valence-corrected chi connectivity index (χ1v) is 9.65. The summed E-state index contributed by atoms with van der Waals surface area (Å²) in [6.45, 7) is 6.64. The zero-order valence-corrected chi connectivity index (χ0v) is 17.3. The van der Waals surface area contributed by atoms with Crippen LogP contribution in [0.15, 0.2) is 49.1 Å². The van der Waals surface area contributed by atoms with Crippen LogP contribution in [0, 0.1) is 0 Å². The molecule has 1 saturated heterocycles. The number of benzene rings is 2. The summed E-state index contributed by atoms with van der Waals surface area (Å²) in [5.74, 6) is 2.04. The SMILES string of the molecule is C=CCc1cc(C(=O)N2CCN(c3cccc(OC)c3)CC2)cc(OC)c1OC. The van der Waals surface area contributed by atoms with Crippen LogP contribution >= 0.6 is 0 Å². The standard InChI is InChI=1S/C23H28N2O4/c1-5-7-17-14-18(15-21(28-3)22(17)29-4)23(26)25-12-10-24(11-13-25)19-8-6-9-20(16-19)27-2/h5-6,8-9,14-16H,1,7,10-13H2,2-4H3. The third-order valence-corrected chi connectivity index (χ3v) is 5.15. The Kier molecular flexibility index (Phi) is 6.65. The number of rotatable bonds is 7. The molecule has 1 heterocycles. The second-order valence-electron chi connectivity index (χ2n) is 6.84. The number of anilines is 1. The zero-order chi connectivity index (χ0) is 20.8. The first-order valence-electron chi connectivity index (χ1n) is 9.65. The maximum absolute atomic E-state index is 13.1. The first-order chi connectivity index (χ1) is 14.1. The summed E-state index contributed by atoms with van der Waals surface area (Å²) in [5.41, 5.74) is 2.60. The van der Waals surface area contributed by atoms with Crippen molar-refractivity contribution in [2.75, 3.05) is 52.4 Å². The van der Waals surface area contributed by atoms with Crippen molar-refractivity contribution in [2.45, 2.75) is 6.42 Å². The van der Waals surface area contributed by atoms with E-state index < -0.39 is 0 Å². The van der Waals surface area contributed by atoms with Crippen LogP contribution in [-0.4, -0.2) is 58.3 Å². The van der Waals surface area contributed by atoms with Crippen molar-refractivity contribution in [2.24, 2.45) is 0 Å². The van der Waals surface area contributed by atoms with Crippen molar-refractivity contribution in [3.8, 4) is 17.2 Å². The molecule has 0 saturated carbocycles. The lowest BCUT2D eigenvalue weighted by molar-refractivity contribution is 0.0746. The Hall–Kier alpha value is -3.15. The van der Waals surface area contributed by atoms with Gasteiger partial charge in [0.05, 0.1) is 21.3 Å². The average Bonchev–Trinajstić information content (AvgIpc) is 2.78. The molecule has 0 aliphatic carbocycles. The number of amides is 1. The molecule has 1 fully saturated rings. The van der Waals surface area contributed by atoms with E-state index in [0.29, 0.717) is 36.6 Å². The van der Waals surface area contributed by atoms with Gasteiger partial charge in [-0.25, -0.2) is 0 Å². The lowest BCUT2D eigenvalue weighted by Crippen LogP contribution is -2.48. The molecule has 0 radical (unpaired) electrons. The van der Waals surface area contributed by atoms with Crippen LogP contribution < -0.4 is 19.1 Å². The molecule has 6 nitrogen and oxygen atoms in total. The number of ether oxygens (including phenoxy) is 3. The fraction of sp³-hybridized carbons (Fsp3) is 0.348. The van der Waals surface area contributed by atoms with Crippen LogP contribution in [0.4, 0.5) is 5.69 Å². The van der Waals surface area contributed by atoms with Crippen LogP contribution in [0.1, 0.15) is 15.9 Å². The number of hydrogen-bond acceptors (Lipinski definition) is 5. The molecule has 0 aromatic heterocycles. The Morgan fingerprint density at radius 2 is 1.79 bits per heavy atom.